The molecule has 1 heterocycles. The van der Waals surface area contributed by atoms with E-state index in [1.165, 1.54) is 0 Å². The van der Waals surface area contributed by atoms with Crippen molar-refractivity contribution in [3.8, 4) is 0 Å². The van der Waals surface area contributed by atoms with Gasteiger partial charge in [0.2, 0.25) is 0 Å². The van der Waals surface area contributed by atoms with E-state index in [0.29, 0.717) is 10.3 Å². The lowest BCUT2D eigenvalue weighted by Crippen LogP contribution is -1.85. The summed E-state index contributed by atoms with van der Waals surface area (Å²) in [4.78, 5) is 3.86. The number of halogens is 3. The van der Waals surface area contributed by atoms with E-state index in [1.54, 1.807) is 6.07 Å². The van der Waals surface area contributed by atoms with Gasteiger partial charge in [-0.2, -0.15) is 0 Å². The van der Waals surface area contributed by atoms with Crippen LogP contribution in [-0.4, -0.2) is 4.98 Å². The highest BCUT2D eigenvalue weighted by atomic mass is 127. The Morgan fingerprint density at radius 1 is 1.50 bits per heavy atom. The third-order valence-corrected chi connectivity index (χ3v) is 2.80. The smallest absolute Gasteiger partial charge is 0.134 e. The fraction of sp³-hybridized carbons (Fsp3) is 0.167. The minimum absolute atomic E-state index is 0.444. The number of nitrogens with zero attached hydrogens (tertiary/aromatic N) is 1. The molecule has 4 heteroatoms. The summed E-state index contributed by atoms with van der Waals surface area (Å²) >= 11 is 13.5. The molecule has 0 fully saturated rings. The molecule has 1 aromatic rings. The first kappa shape index (κ1) is 8.56. The van der Waals surface area contributed by atoms with Crippen molar-refractivity contribution in [1.82, 2.24) is 4.98 Å². The summed E-state index contributed by atoms with van der Waals surface area (Å²) in [6.45, 7) is 1.91. The average molecular weight is 288 g/mol. The second-order valence-corrected chi connectivity index (χ2v) is 3.75. The molecule has 0 amide bonds. The lowest BCUT2D eigenvalue weighted by atomic mass is 10.3. The maximum absolute atomic E-state index is 5.72. The van der Waals surface area contributed by atoms with Gasteiger partial charge in [0.25, 0.3) is 0 Å². The van der Waals surface area contributed by atoms with Crippen LogP contribution in [0.2, 0.25) is 10.3 Å². The monoisotopic (exact) mass is 287 g/mol. The van der Waals surface area contributed by atoms with Crippen molar-refractivity contribution in [2.24, 2.45) is 0 Å². The quantitative estimate of drug-likeness (QED) is 0.527. The molecule has 1 aromatic heterocycles. The maximum atomic E-state index is 5.72. The van der Waals surface area contributed by atoms with Gasteiger partial charge in [0.05, 0.1) is 0 Å². The fourth-order valence-corrected chi connectivity index (χ4v) is 1.84. The van der Waals surface area contributed by atoms with Crippen LogP contribution in [-0.2, 0) is 0 Å². The molecule has 0 atom stereocenters. The van der Waals surface area contributed by atoms with Gasteiger partial charge < -0.3 is 0 Å². The summed E-state index contributed by atoms with van der Waals surface area (Å²) < 4.78 is 1.04. The van der Waals surface area contributed by atoms with Crippen LogP contribution in [0.1, 0.15) is 5.56 Å². The van der Waals surface area contributed by atoms with E-state index in [0.717, 1.165) is 9.13 Å². The number of pyridine rings is 1. The molecule has 54 valence electrons. The standard InChI is InChI=1S/C6H4Cl2IN/c1-3-4(9)2-5(7)10-6(3)8/h2H,1H3. The summed E-state index contributed by atoms with van der Waals surface area (Å²) in [6.07, 6.45) is 0. The van der Waals surface area contributed by atoms with Gasteiger partial charge in [0.1, 0.15) is 10.3 Å². The Morgan fingerprint density at radius 3 is 2.60 bits per heavy atom. The first-order chi connectivity index (χ1) is 4.61. The highest BCUT2D eigenvalue weighted by Gasteiger charge is 2.02. The largest absolute Gasteiger partial charge is 0.224 e. The predicted octanol–water partition coefficient (Wildman–Crippen LogP) is 3.30. The zero-order valence-corrected chi connectivity index (χ0v) is 8.83. The first-order valence-corrected chi connectivity index (χ1v) is 4.43. The molecule has 0 aliphatic carbocycles. The van der Waals surface area contributed by atoms with Gasteiger partial charge in [-0.1, -0.05) is 23.2 Å². The zero-order chi connectivity index (χ0) is 7.72. The van der Waals surface area contributed by atoms with Crippen LogP contribution in [0.5, 0.6) is 0 Å². The minimum atomic E-state index is 0.444. The zero-order valence-electron chi connectivity index (χ0n) is 5.16. The first-order valence-electron chi connectivity index (χ1n) is 2.59. The molecule has 0 spiro atoms. The highest BCUT2D eigenvalue weighted by molar-refractivity contribution is 14.1. The Morgan fingerprint density at radius 2 is 2.10 bits per heavy atom. The van der Waals surface area contributed by atoms with Gasteiger partial charge in [-0.05, 0) is 41.1 Å². The van der Waals surface area contributed by atoms with E-state index in [2.05, 4.69) is 27.6 Å². The SMILES string of the molecule is Cc1c(I)cc(Cl)nc1Cl. The van der Waals surface area contributed by atoms with Crippen LogP contribution in [0.15, 0.2) is 6.07 Å². The molecule has 0 unspecified atom stereocenters. The van der Waals surface area contributed by atoms with E-state index < -0.39 is 0 Å². The molecule has 0 bridgehead atoms. The maximum Gasteiger partial charge on any atom is 0.134 e. The van der Waals surface area contributed by atoms with E-state index >= 15 is 0 Å². The molecule has 0 aliphatic rings. The van der Waals surface area contributed by atoms with Crippen molar-refractivity contribution < 1.29 is 0 Å². The molecule has 0 saturated heterocycles. The van der Waals surface area contributed by atoms with Crippen molar-refractivity contribution in [2.45, 2.75) is 6.92 Å². The van der Waals surface area contributed by atoms with Gasteiger partial charge in [-0.3, -0.25) is 0 Å². The molecule has 0 saturated carbocycles. The van der Waals surface area contributed by atoms with Gasteiger partial charge in [0.15, 0.2) is 0 Å². The summed E-state index contributed by atoms with van der Waals surface area (Å²) in [7, 11) is 0. The van der Waals surface area contributed by atoms with E-state index in [4.69, 9.17) is 23.2 Å². The van der Waals surface area contributed by atoms with Crippen LogP contribution >= 0.6 is 45.8 Å². The number of aromatic nitrogens is 1. The lowest BCUT2D eigenvalue weighted by molar-refractivity contribution is 1.25. The normalized spacial score (nSPS) is 10.0. The fourth-order valence-electron chi connectivity index (χ4n) is 0.521. The Bertz CT molecular complexity index is 239. The predicted molar refractivity (Wildman–Crippen MR) is 51.7 cm³/mol. The Hall–Kier alpha value is 0.460. The van der Waals surface area contributed by atoms with Crippen LogP contribution in [0.25, 0.3) is 0 Å². The van der Waals surface area contributed by atoms with Crippen molar-refractivity contribution in [3.05, 3.63) is 25.5 Å². The third kappa shape index (κ3) is 1.74. The minimum Gasteiger partial charge on any atom is -0.224 e. The van der Waals surface area contributed by atoms with E-state index in [1.807, 2.05) is 6.92 Å². The van der Waals surface area contributed by atoms with Crippen LogP contribution < -0.4 is 0 Å². The van der Waals surface area contributed by atoms with Crippen LogP contribution in [0, 0.1) is 10.5 Å². The molecule has 0 N–H and O–H groups in total. The van der Waals surface area contributed by atoms with Gasteiger partial charge in [0, 0.05) is 3.57 Å². The second kappa shape index (κ2) is 3.24. The summed E-state index contributed by atoms with van der Waals surface area (Å²) in [5.74, 6) is 0. The Kier molecular flexibility index (Phi) is 2.77. The number of rotatable bonds is 0. The van der Waals surface area contributed by atoms with E-state index in [-0.39, 0.29) is 0 Å². The summed E-state index contributed by atoms with van der Waals surface area (Å²) in [5.41, 5.74) is 0.978. The van der Waals surface area contributed by atoms with Gasteiger partial charge >= 0.3 is 0 Å². The molecule has 0 aliphatic heterocycles. The highest BCUT2D eigenvalue weighted by Crippen LogP contribution is 2.21. The lowest BCUT2D eigenvalue weighted by Gasteiger charge is -1.99. The third-order valence-electron chi connectivity index (χ3n) is 1.12. The molecule has 0 aromatic carbocycles. The van der Waals surface area contributed by atoms with Crippen molar-refractivity contribution in [1.29, 1.82) is 0 Å². The van der Waals surface area contributed by atoms with E-state index in [9.17, 15) is 0 Å². The van der Waals surface area contributed by atoms with Crippen molar-refractivity contribution >= 4 is 45.8 Å². The van der Waals surface area contributed by atoms with Gasteiger partial charge in [-0.15, -0.1) is 0 Å². The molecule has 0 radical (unpaired) electrons. The van der Waals surface area contributed by atoms with Crippen molar-refractivity contribution in [3.63, 3.8) is 0 Å². The molecular weight excluding hydrogens is 284 g/mol. The topological polar surface area (TPSA) is 12.9 Å². The van der Waals surface area contributed by atoms with Crippen LogP contribution in [0.4, 0.5) is 0 Å². The molecule has 10 heavy (non-hydrogen) atoms. The van der Waals surface area contributed by atoms with Crippen molar-refractivity contribution in [2.75, 3.05) is 0 Å². The molecule has 1 rings (SSSR count). The average Bonchev–Trinajstić information content (AvgIpc) is 1.82. The Balaban J connectivity index is 3.31. The van der Waals surface area contributed by atoms with Crippen LogP contribution in [0.3, 0.4) is 0 Å². The molecular formula is C6H4Cl2IN. The Labute approximate surface area is 82.9 Å². The van der Waals surface area contributed by atoms with Gasteiger partial charge in [-0.25, -0.2) is 4.98 Å². The number of hydrogen-bond acceptors (Lipinski definition) is 1. The number of hydrogen-bond donors (Lipinski definition) is 0. The summed E-state index contributed by atoms with van der Waals surface area (Å²) in [5, 5.41) is 0.928. The molecule has 1 nitrogen and oxygen atoms in total. The summed E-state index contributed by atoms with van der Waals surface area (Å²) in [6, 6.07) is 1.78. The second-order valence-electron chi connectivity index (χ2n) is 1.84.